The molecule has 0 bridgehead atoms. The van der Waals surface area contributed by atoms with E-state index in [0.29, 0.717) is 5.82 Å². The van der Waals surface area contributed by atoms with Crippen LogP contribution in [0.5, 0.6) is 0 Å². The van der Waals surface area contributed by atoms with Gasteiger partial charge in [-0.15, -0.1) is 0 Å². The molecular formula is C52H34N4. The first-order valence-corrected chi connectivity index (χ1v) is 19.0. The molecular weight excluding hydrogens is 681 g/mol. The Morgan fingerprint density at radius 1 is 0.339 bits per heavy atom. The van der Waals surface area contributed by atoms with Crippen molar-refractivity contribution in [3.8, 4) is 56.3 Å². The fourth-order valence-electron chi connectivity index (χ4n) is 8.30. The summed E-state index contributed by atoms with van der Waals surface area (Å²) >= 11 is 0. The van der Waals surface area contributed by atoms with Crippen molar-refractivity contribution in [2.75, 3.05) is 0 Å². The molecule has 8 aromatic carbocycles. The number of nitrogens with zero attached hydrogens (tertiary/aromatic N) is 4. The minimum Gasteiger partial charge on any atom is -0.316 e. The van der Waals surface area contributed by atoms with E-state index in [1.165, 1.54) is 43.8 Å². The second-order valence-corrected chi connectivity index (χ2v) is 14.3. The first-order valence-electron chi connectivity index (χ1n) is 19.0. The third-order valence-corrected chi connectivity index (χ3v) is 10.9. The highest BCUT2D eigenvalue weighted by Gasteiger charge is 2.18. The minimum absolute atomic E-state index is 0.696. The monoisotopic (exact) mass is 714 g/mol. The maximum Gasteiger partial charge on any atom is 0.160 e. The molecule has 0 aliphatic rings. The Balaban J connectivity index is 1.07. The zero-order valence-electron chi connectivity index (χ0n) is 30.4. The Bertz CT molecular complexity index is 3160. The number of hydrogen-bond acceptors (Lipinski definition) is 2. The molecule has 0 unspecified atom stereocenters. The van der Waals surface area contributed by atoms with Crippen LogP contribution >= 0.6 is 0 Å². The van der Waals surface area contributed by atoms with Crippen molar-refractivity contribution in [3.63, 3.8) is 0 Å². The lowest BCUT2D eigenvalue weighted by Crippen LogP contribution is -1.97. The second-order valence-electron chi connectivity index (χ2n) is 14.3. The van der Waals surface area contributed by atoms with Crippen molar-refractivity contribution in [2.24, 2.45) is 0 Å². The molecule has 3 heterocycles. The average molecular weight is 715 g/mol. The quantitative estimate of drug-likeness (QED) is 0.172. The molecule has 0 saturated heterocycles. The summed E-state index contributed by atoms with van der Waals surface area (Å²) in [4.78, 5) is 10.5. The lowest BCUT2D eigenvalue weighted by atomic mass is 9.94. The lowest BCUT2D eigenvalue weighted by molar-refractivity contribution is 1.13. The Kier molecular flexibility index (Phi) is 7.46. The molecule has 0 aliphatic carbocycles. The summed E-state index contributed by atoms with van der Waals surface area (Å²) in [6.45, 7) is 0. The molecule has 4 nitrogen and oxygen atoms in total. The van der Waals surface area contributed by atoms with Crippen LogP contribution in [-0.4, -0.2) is 19.1 Å². The smallest absolute Gasteiger partial charge is 0.160 e. The Morgan fingerprint density at radius 2 is 0.946 bits per heavy atom. The van der Waals surface area contributed by atoms with Gasteiger partial charge in [0.1, 0.15) is 0 Å². The highest BCUT2D eigenvalue weighted by molar-refractivity contribution is 6.18. The van der Waals surface area contributed by atoms with E-state index in [-0.39, 0.29) is 0 Å². The maximum absolute atomic E-state index is 5.36. The van der Waals surface area contributed by atoms with Crippen molar-refractivity contribution >= 4 is 43.6 Å². The number of hydrogen-bond donors (Lipinski definition) is 0. The fourth-order valence-corrected chi connectivity index (χ4v) is 8.30. The molecule has 0 N–H and O–H groups in total. The summed E-state index contributed by atoms with van der Waals surface area (Å²) < 4.78 is 4.67. The third-order valence-electron chi connectivity index (χ3n) is 10.9. The Hall–Kier alpha value is -7.56. The van der Waals surface area contributed by atoms with Gasteiger partial charge in [0.05, 0.1) is 27.8 Å². The van der Waals surface area contributed by atoms with E-state index in [1.807, 2.05) is 0 Å². The molecule has 0 aliphatic heterocycles. The maximum atomic E-state index is 5.36. The summed E-state index contributed by atoms with van der Waals surface area (Å²) in [5, 5.41) is 4.70. The first-order chi connectivity index (χ1) is 27.8. The standard InChI is InChI=1S/C52H34N4/c1-4-14-35(15-5-1)38-32-39(36-16-6-2-7-17-36)34-40(33-38)50-45-21-10-12-22-47(45)53-52(54-50)37-24-26-42(27-25-37)56-49-23-13-11-20-43(49)44-28-29-48-46(51(44)56)30-31-55(48)41-18-8-3-9-19-41/h1-34H. The van der Waals surface area contributed by atoms with Gasteiger partial charge >= 0.3 is 0 Å². The lowest BCUT2D eigenvalue weighted by Gasteiger charge is -2.14. The molecule has 262 valence electrons. The van der Waals surface area contributed by atoms with Crippen LogP contribution in [0.4, 0.5) is 0 Å². The largest absolute Gasteiger partial charge is 0.316 e. The van der Waals surface area contributed by atoms with Gasteiger partial charge in [-0.1, -0.05) is 121 Å². The van der Waals surface area contributed by atoms with E-state index in [0.717, 1.165) is 50.2 Å². The summed E-state index contributed by atoms with van der Waals surface area (Å²) in [6.07, 6.45) is 2.18. The summed E-state index contributed by atoms with van der Waals surface area (Å²) in [5.74, 6) is 0.696. The normalized spacial score (nSPS) is 11.6. The molecule has 0 saturated carbocycles. The van der Waals surface area contributed by atoms with Crippen molar-refractivity contribution in [1.29, 1.82) is 0 Å². The van der Waals surface area contributed by atoms with Crippen LogP contribution in [0.2, 0.25) is 0 Å². The predicted octanol–water partition coefficient (Wildman–Crippen LogP) is 13.3. The van der Waals surface area contributed by atoms with Crippen LogP contribution in [0.1, 0.15) is 0 Å². The van der Waals surface area contributed by atoms with E-state index in [2.05, 4.69) is 216 Å². The zero-order chi connectivity index (χ0) is 37.0. The van der Waals surface area contributed by atoms with Crippen LogP contribution in [0, 0.1) is 0 Å². The van der Waals surface area contributed by atoms with Gasteiger partial charge in [0.25, 0.3) is 0 Å². The predicted molar refractivity (Wildman–Crippen MR) is 232 cm³/mol. The number of fused-ring (bicyclic) bond motifs is 6. The highest BCUT2D eigenvalue weighted by atomic mass is 15.0. The molecule has 0 spiro atoms. The van der Waals surface area contributed by atoms with Crippen molar-refractivity contribution in [1.82, 2.24) is 19.1 Å². The van der Waals surface area contributed by atoms with Gasteiger partial charge in [0.15, 0.2) is 5.82 Å². The van der Waals surface area contributed by atoms with E-state index in [4.69, 9.17) is 9.97 Å². The molecule has 11 rings (SSSR count). The van der Waals surface area contributed by atoms with Gasteiger partial charge in [0, 0.05) is 50.2 Å². The van der Waals surface area contributed by atoms with Crippen LogP contribution < -0.4 is 0 Å². The summed E-state index contributed by atoms with van der Waals surface area (Å²) in [5.41, 5.74) is 14.2. The van der Waals surface area contributed by atoms with Gasteiger partial charge in [-0.2, -0.15) is 0 Å². The van der Waals surface area contributed by atoms with E-state index >= 15 is 0 Å². The van der Waals surface area contributed by atoms with Gasteiger partial charge in [-0.05, 0) is 101 Å². The van der Waals surface area contributed by atoms with Crippen molar-refractivity contribution < 1.29 is 0 Å². The zero-order valence-corrected chi connectivity index (χ0v) is 30.4. The van der Waals surface area contributed by atoms with Gasteiger partial charge in [-0.3, -0.25) is 0 Å². The number of aromatic nitrogens is 4. The van der Waals surface area contributed by atoms with Crippen LogP contribution in [0.3, 0.4) is 0 Å². The molecule has 0 amide bonds. The summed E-state index contributed by atoms with van der Waals surface area (Å²) in [7, 11) is 0. The topological polar surface area (TPSA) is 35.6 Å². The number of para-hydroxylation sites is 3. The van der Waals surface area contributed by atoms with Crippen LogP contribution in [0.25, 0.3) is 99.9 Å². The molecule has 3 aromatic heterocycles. The van der Waals surface area contributed by atoms with Gasteiger partial charge in [0.2, 0.25) is 0 Å². The Morgan fingerprint density at radius 3 is 1.66 bits per heavy atom. The van der Waals surface area contributed by atoms with Crippen molar-refractivity contribution in [2.45, 2.75) is 0 Å². The Labute approximate surface area is 324 Å². The summed E-state index contributed by atoms with van der Waals surface area (Å²) in [6, 6.07) is 71.0. The minimum atomic E-state index is 0.696. The van der Waals surface area contributed by atoms with E-state index in [1.54, 1.807) is 0 Å². The molecule has 4 heteroatoms. The first kappa shape index (κ1) is 31.9. The molecule has 56 heavy (non-hydrogen) atoms. The SMILES string of the molecule is c1ccc(-c2cc(-c3ccccc3)cc(-c3nc(-c4ccc(-n5c6ccccc6c6ccc7c(ccn7-c7ccccc7)c65)cc4)nc4ccccc34)c2)cc1. The van der Waals surface area contributed by atoms with E-state index in [9.17, 15) is 0 Å². The van der Waals surface area contributed by atoms with E-state index < -0.39 is 0 Å². The van der Waals surface area contributed by atoms with Crippen molar-refractivity contribution in [3.05, 3.63) is 206 Å². The van der Waals surface area contributed by atoms with Gasteiger partial charge < -0.3 is 9.13 Å². The third kappa shape index (κ3) is 5.31. The molecule has 0 radical (unpaired) electrons. The fraction of sp³-hybridized carbons (Fsp3) is 0. The van der Waals surface area contributed by atoms with Crippen LogP contribution in [0.15, 0.2) is 206 Å². The average Bonchev–Trinajstić information content (AvgIpc) is 3.87. The highest BCUT2D eigenvalue weighted by Crippen LogP contribution is 2.39. The van der Waals surface area contributed by atoms with Gasteiger partial charge in [-0.25, -0.2) is 9.97 Å². The molecule has 0 fully saturated rings. The second kappa shape index (κ2) is 13.1. The number of benzene rings is 8. The number of rotatable bonds is 6. The molecule has 0 atom stereocenters. The van der Waals surface area contributed by atoms with Crippen LogP contribution in [-0.2, 0) is 0 Å². The molecule has 11 aromatic rings.